The first-order chi connectivity index (χ1) is 13.3. The van der Waals surface area contributed by atoms with Gasteiger partial charge in [0.15, 0.2) is 15.8 Å². The molecule has 0 atom stereocenters. The molecule has 0 saturated carbocycles. The molecule has 1 aliphatic heterocycles. The molecule has 0 spiro atoms. The Morgan fingerprint density at radius 2 is 1.93 bits per heavy atom. The van der Waals surface area contributed by atoms with Crippen LogP contribution in [0.4, 0.5) is 14.5 Å². The Labute approximate surface area is 179 Å². The van der Waals surface area contributed by atoms with Gasteiger partial charge >= 0.3 is 6.61 Å². The molecule has 0 unspecified atom stereocenters. The monoisotopic (exact) mass is 461 g/mol. The number of methoxy groups -OCH3 is 1. The zero-order valence-electron chi connectivity index (χ0n) is 14.1. The molecule has 0 N–H and O–H groups in total. The number of amides is 1. The number of carbonyl (C=O) groups is 1. The number of alkyl halides is 2. The van der Waals surface area contributed by atoms with E-state index in [0.29, 0.717) is 30.5 Å². The van der Waals surface area contributed by atoms with Crippen molar-refractivity contribution < 1.29 is 23.0 Å². The number of anilines is 1. The largest absolute Gasteiger partial charge is 0.493 e. The van der Waals surface area contributed by atoms with E-state index >= 15 is 0 Å². The Balaban J connectivity index is 1.91. The number of hydrogen-bond acceptors (Lipinski definition) is 5. The maximum Gasteiger partial charge on any atom is 0.387 e. The van der Waals surface area contributed by atoms with Crippen LogP contribution in [0.1, 0.15) is 5.56 Å². The van der Waals surface area contributed by atoms with Crippen LogP contribution in [0.5, 0.6) is 11.5 Å². The third-order valence-corrected chi connectivity index (χ3v) is 5.49. The summed E-state index contributed by atoms with van der Waals surface area (Å²) in [6.45, 7) is -2.97. The number of thioether (sulfide) groups is 1. The van der Waals surface area contributed by atoms with E-state index in [1.807, 2.05) is 0 Å². The number of thiocarbonyl (C=S) groups is 1. The maximum absolute atomic E-state index is 12.8. The van der Waals surface area contributed by atoms with Gasteiger partial charge in [-0.25, -0.2) is 0 Å². The predicted octanol–water partition coefficient (Wildman–Crippen LogP) is 6.01. The van der Waals surface area contributed by atoms with E-state index in [1.165, 1.54) is 36.3 Å². The van der Waals surface area contributed by atoms with Crippen molar-refractivity contribution in [1.82, 2.24) is 0 Å². The summed E-state index contributed by atoms with van der Waals surface area (Å²) in [5, 5.41) is 0.730. The van der Waals surface area contributed by atoms with Gasteiger partial charge in [-0.05, 0) is 42.0 Å². The summed E-state index contributed by atoms with van der Waals surface area (Å²) in [4.78, 5) is 14.5. The highest BCUT2D eigenvalue weighted by Crippen LogP contribution is 2.40. The molecule has 0 aliphatic carbocycles. The van der Waals surface area contributed by atoms with Crippen LogP contribution in [0, 0.1) is 0 Å². The molecule has 1 saturated heterocycles. The highest BCUT2D eigenvalue weighted by atomic mass is 35.5. The molecule has 1 amide bonds. The van der Waals surface area contributed by atoms with Crippen LogP contribution in [-0.4, -0.2) is 23.9 Å². The van der Waals surface area contributed by atoms with Crippen molar-refractivity contribution in [2.45, 2.75) is 6.61 Å². The zero-order valence-corrected chi connectivity index (χ0v) is 17.3. The Morgan fingerprint density at radius 1 is 1.18 bits per heavy atom. The van der Waals surface area contributed by atoms with Crippen LogP contribution in [0.15, 0.2) is 41.3 Å². The van der Waals surface area contributed by atoms with Gasteiger partial charge in [0.2, 0.25) is 0 Å². The fraction of sp³-hybridized carbons (Fsp3) is 0.111. The van der Waals surface area contributed by atoms with Crippen LogP contribution in [0.3, 0.4) is 0 Å². The lowest BCUT2D eigenvalue weighted by atomic mass is 10.2. The van der Waals surface area contributed by atoms with Crippen molar-refractivity contribution in [2.24, 2.45) is 0 Å². The normalized spacial score (nSPS) is 15.6. The molecular formula is C18H11Cl2F2NO3S2. The van der Waals surface area contributed by atoms with Crippen molar-refractivity contribution in [1.29, 1.82) is 0 Å². The lowest BCUT2D eigenvalue weighted by Gasteiger charge is -2.16. The van der Waals surface area contributed by atoms with Gasteiger partial charge < -0.3 is 9.47 Å². The number of ether oxygens (including phenoxy) is 2. The molecular weight excluding hydrogens is 451 g/mol. The number of carbonyl (C=O) groups excluding carboxylic acids is 1. The summed E-state index contributed by atoms with van der Waals surface area (Å²) in [6.07, 6.45) is 1.58. The molecule has 0 aromatic heterocycles. The number of hydrogen-bond donors (Lipinski definition) is 0. The van der Waals surface area contributed by atoms with Crippen molar-refractivity contribution in [3.63, 3.8) is 0 Å². The Hall–Kier alpha value is -1.87. The minimum atomic E-state index is -2.97. The van der Waals surface area contributed by atoms with Gasteiger partial charge in [0.05, 0.1) is 22.7 Å². The minimum absolute atomic E-state index is 0.102. The Kier molecular flexibility index (Phi) is 6.44. The second-order valence-electron chi connectivity index (χ2n) is 5.40. The second-order valence-corrected chi connectivity index (χ2v) is 7.92. The standard InChI is InChI=1S/C18H11Cl2F2NO3S2/c1-25-14-6-9(2-5-13(14)26-17(21)22)7-15-16(24)23(18(27)28-15)12-4-3-10(19)8-11(12)20/h2-8,17H,1H3/b15-7+. The van der Waals surface area contributed by atoms with Gasteiger partial charge in [-0.15, -0.1) is 0 Å². The molecule has 4 nitrogen and oxygen atoms in total. The van der Waals surface area contributed by atoms with Gasteiger partial charge in [0, 0.05) is 5.02 Å². The summed E-state index contributed by atoms with van der Waals surface area (Å²) in [6, 6.07) is 9.10. The van der Waals surface area contributed by atoms with Crippen LogP contribution in [-0.2, 0) is 4.79 Å². The molecule has 1 aliphatic rings. The van der Waals surface area contributed by atoms with E-state index in [1.54, 1.807) is 18.2 Å². The number of rotatable bonds is 5. The smallest absolute Gasteiger partial charge is 0.387 e. The van der Waals surface area contributed by atoms with Crippen LogP contribution in [0.25, 0.3) is 6.08 Å². The Bertz CT molecular complexity index is 985. The van der Waals surface area contributed by atoms with Crippen molar-refractivity contribution in [3.05, 3.63) is 56.9 Å². The SMILES string of the molecule is COc1cc(/C=C2/SC(=S)N(c3ccc(Cl)cc3Cl)C2=O)ccc1OC(F)F. The maximum atomic E-state index is 12.8. The number of nitrogens with zero attached hydrogens (tertiary/aromatic N) is 1. The van der Waals surface area contributed by atoms with E-state index in [2.05, 4.69) is 4.74 Å². The van der Waals surface area contributed by atoms with Crippen molar-refractivity contribution in [2.75, 3.05) is 12.0 Å². The predicted molar refractivity (Wildman–Crippen MR) is 112 cm³/mol. The fourth-order valence-corrected chi connectivity index (χ4v) is 4.23. The lowest BCUT2D eigenvalue weighted by molar-refractivity contribution is -0.113. The van der Waals surface area contributed by atoms with Gasteiger partial charge in [-0.3, -0.25) is 9.69 Å². The van der Waals surface area contributed by atoms with E-state index < -0.39 is 6.61 Å². The van der Waals surface area contributed by atoms with E-state index in [0.717, 1.165) is 11.8 Å². The number of halogens is 4. The summed E-state index contributed by atoms with van der Waals surface area (Å²) >= 11 is 18.5. The van der Waals surface area contributed by atoms with E-state index in [-0.39, 0.29) is 17.4 Å². The molecule has 2 aromatic rings. The highest BCUT2D eigenvalue weighted by molar-refractivity contribution is 8.27. The summed E-state index contributed by atoms with van der Waals surface area (Å²) in [5.74, 6) is -0.341. The summed E-state index contributed by atoms with van der Waals surface area (Å²) in [7, 11) is 1.33. The quantitative estimate of drug-likeness (QED) is 0.402. The first-order valence-electron chi connectivity index (χ1n) is 7.66. The molecule has 10 heteroatoms. The topological polar surface area (TPSA) is 38.8 Å². The molecule has 0 radical (unpaired) electrons. The van der Waals surface area contributed by atoms with Gasteiger partial charge in [-0.2, -0.15) is 8.78 Å². The summed E-state index contributed by atoms with van der Waals surface area (Å²) < 4.78 is 34.7. The second kappa shape index (κ2) is 8.65. The lowest BCUT2D eigenvalue weighted by Crippen LogP contribution is -2.27. The number of benzene rings is 2. The van der Waals surface area contributed by atoms with E-state index in [9.17, 15) is 13.6 Å². The van der Waals surface area contributed by atoms with Crippen LogP contribution >= 0.6 is 47.2 Å². The van der Waals surface area contributed by atoms with Crippen molar-refractivity contribution >= 4 is 69.2 Å². The first kappa shape index (κ1) is 20.9. The molecule has 0 bridgehead atoms. The molecule has 1 heterocycles. The molecule has 2 aromatic carbocycles. The van der Waals surface area contributed by atoms with Gasteiger partial charge in [0.25, 0.3) is 5.91 Å². The van der Waals surface area contributed by atoms with Crippen LogP contribution in [0.2, 0.25) is 10.0 Å². The van der Waals surface area contributed by atoms with E-state index in [4.69, 9.17) is 40.2 Å². The highest BCUT2D eigenvalue weighted by Gasteiger charge is 2.34. The average Bonchev–Trinajstić information content (AvgIpc) is 2.90. The van der Waals surface area contributed by atoms with Gasteiger partial charge in [0.1, 0.15) is 0 Å². The average molecular weight is 462 g/mol. The summed E-state index contributed by atoms with van der Waals surface area (Å²) in [5.41, 5.74) is 0.983. The van der Waals surface area contributed by atoms with Crippen LogP contribution < -0.4 is 14.4 Å². The molecule has 3 rings (SSSR count). The first-order valence-corrected chi connectivity index (χ1v) is 9.64. The zero-order chi connectivity index (χ0) is 20.4. The third-order valence-electron chi connectivity index (χ3n) is 3.65. The Morgan fingerprint density at radius 3 is 2.57 bits per heavy atom. The third kappa shape index (κ3) is 4.41. The fourth-order valence-electron chi connectivity index (χ4n) is 2.46. The minimum Gasteiger partial charge on any atom is -0.493 e. The van der Waals surface area contributed by atoms with Gasteiger partial charge in [-0.1, -0.05) is 53.2 Å². The van der Waals surface area contributed by atoms with Crippen molar-refractivity contribution in [3.8, 4) is 11.5 Å². The molecule has 28 heavy (non-hydrogen) atoms. The molecule has 1 fully saturated rings. The molecule has 146 valence electrons.